The summed E-state index contributed by atoms with van der Waals surface area (Å²) >= 11 is 0. The van der Waals surface area contributed by atoms with Gasteiger partial charge in [0.2, 0.25) is 0 Å². The SMILES string of the molecule is O=C(NCCc1ccc(O)cc1)c1ccnc(-c2ccc3[nH]ccc3c2)c1. The summed E-state index contributed by atoms with van der Waals surface area (Å²) < 4.78 is 0. The summed E-state index contributed by atoms with van der Waals surface area (Å²) in [4.78, 5) is 20.0. The molecular formula is C22H19N3O2. The summed E-state index contributed by atoms with van der Waals surface area (Å²) in [5.41, 5.74) is 4.45. The third kappa shape index (κ3) is 3.82. The summed E-state index contributed by atoms with van der Waals surface area (Å²) in [5, 5.41) is 13.3. The maximum Gasteiger partial charge on any atom is 0.251 e. The van der Waals surface area contributed by atoms with E-state index in [9.17, 15) is 9.90 Å². The maximum absolute atomic E-state index is 12.5. The van der Waals surface area contributed by atoms with Crippen LogP contribution in [0.2, 0.25) is 0 Å². The van der Waals surface area contributed by atoms with Crippen molar-refractivity contribution in [1.82, 2.24) is 15.3 Å². The number of aromatic amines is 1. The van der Waals surface area contributed by atoms with Gasteiger partial charge < -0.3 is 15.4 Å². The van der Waals surface area contributed by atoms with Crippen molar-refractivity contribution in [2.24, 2.45) is 0 Å². The molecule has 5 heteroatoms. The van der Waals surface area contributed by atoms with Gasteiger partial charge in [-0.25, -0.2) is 0 Å². The number of aromatic hydroxyl groups is 1. The van der Waals surface area contributed by atoms with Gasteiger partial charge in [-0.05, 0) is 54.4 Å². The number of pyridine rings is 1. The number of rotatable bonds is 5. The van der Waals surface area contributed by atoms with E-state index < -0.39 is 0 Å². The van der Waals surface area contributed by atoms with E-state index in [4.69, 9.17) is 0 Å². The molecule has 0 fully saturated rings. The molecule has 0 aliphatic carbocycles. The standard InChI is InChI=1S/C22H19N3O2/c26-19-4-1-15(2-5-19)7-10-25-22(27)18-9-12-24-21(14-18)16-3-6-20-17(13-16)8-11-23-20/h1-6,8-9,11-14,23,26H,7,10H2,(H,25,27). The largest absolute Gasteiger partial charge is 0.508 e. The number of fused-ring (bicyclic) bond motifs is 1. The van der Waals surface area contributed by atoms with Crippen molar-refractivity contribution in [2.75, 3.05) is 6.54 Å². The van der Waals surface area contributed by atoms with E-state index in [1.54, 1.807) is 24.4 Å². The molecule has 2 aromatic heterocycles. The van der Waals surface area contributed by atoms with Gasteiger partial charge in [-0.15, -0.1) is 0 Å². The fourth-order valence-corrected chi connectivity index (χ4v) is 3.03. The monoisotopic (exact) mass is 357 g/mol. The number of hydrogen-bond donors (Lipinski definition) is 3. The third-order valence-electron chi connectivity index (χ3n) is 4.51. The highest BCUT2D eigenvalue weighted by Crippen LogP contribution is 2.23. The van der Waals surface area contributed by atoms with Crippen LogP contribution >= 0.6 is 0 Å². The van der Waals surface area contributed by atoms with Gasteiger partial charge in [0.05, 0.1) is 5.69 Å². The Labute approximate surface area is 156 Å². The number of phenolic OH excluding ortho intramolecular Hbond substituents is 1. The third-order valence-corrected chi connectivity index (χ3v) is 4.51. The Morgan fingerprint density at radius 3 is 2.74 bits per heavy atom. The molecule has 27 heavy (non-hydrogen) atoms. The number of H-pyrrole nitrogens is 1. The fourth-order valence-electron chi connectivity index (χ4n) is 3.03. The Balaban J connectivity index is 1.44. The zero-order valence-electron chi connectivity index (χ0n) is 14.6. The number of benzene rings is 2. The van der Waals surface area contributed by atoms with Crippen molar-refractivity contribution in [1.29, 1.82) is 0 Å². The normalized spacial score (nSPS) is 10.8. The topological polar surface area (TPSA) is 78.0 Å². The molecule has 0 radical (unpaired) electrons. The zero-order valence-corrected chi connectivity index (χ0v) is 14.6. The number of hydrogen-bond acceptors (Lipinski definition) is 3. The molecule has 4 aromatic rings. The molecule has 1 amide bonds. The van der Waals surface area contributed by atoms with Crippen molar-refractivity contribution in [2.45, 2.75) is 6.42 Å². The second-order valence-corrected chi connectivity index (χ2v) is 6.38. The summed E-state index contributed by atoms with van der Waals surface area (Å²) in [6.07, 6.45) is 4.26. The van der Waals surface area contributed by atoms with Crippen LogP contribution in [-0.4, -0.2) is 27.5 Å². The van der Waals surface area contributed by atoms with Crippen LogP contribution in [0.4, 0.5) is 0 Å². The molecule has 0 atom stereocenters. The van der Waals surface area contributed by atoms with Crippen molar-refractivity contribution in [3.63, 3.8) is 0 Å². The van der Waals surface area contributed by atoms with Gasteiger partial charge in [-0.3, -0.25) is 9.78 Å². The molecule has 5 nitrogen and oxygen atoms in total. The van der Waals surface area contributed by atoms with Crippen LogP contribution in [-0.2, 0) is 6.42 Å². The smallest absolute Gasteiger partial charge is 0.251 e. The maximum atomic E-state index is 12.5. The molecule has 0 spiro atoms. The van der Waals surface area contributed by atoms with Crippen LogP contribution in [0.25, 0.3) is 22.2 Å². The molecule has 4 rings (SSSR count). The van der Waals surface area contributed by atoms with Crippen LogP contribution < -0.4 is 5.32 Å². The zero-order chi connectivity index (χ0) is 18.6. The van der Waals surface area contributed by atoms with E-state index in [1.165, 1.54) is 0 Å². The molecule has 2 heterocycles. The van der Waals surface area contributed by atoms with Gasteiger partial charge in [-0.2, -0.15) is 0 Å². The Kier molecular flexibility index (Phi) is 4.58. The van der Waals surface area contributed by atoms with Crippen molar-refractivity contribution in [3.8, 4) is 17.0 Å². The van der Waals surface area contributed by atoms with Crippen molar-refractivity contribution < 1.29 is 9.90 Å². The minimum Gasteiger partial charge on any atom is -0.508 e. The van der Waals surface area contributed by atoms with Crippen molar-refractivity contribution in [3.05, 3.63) is 84.2 Å². The highest BCUT2D eigenvalue weighted by atomic mass is 16.3. The van der Waals surface area contributed by atoms with Gasteiger partial charge in [0.15, 0.2) is 0 Å². The molecule has 0 aliphatic rings. The van der Waals surface area contributed by atoms with Gasteiger partial charge in [0.25, 0.3) is 5.91 Å². The molecule has 0 saturated carbocycles. The Morgan fingerprint density at radius 1 is 1.04 bits per heavy atom. The first-order chi connectivity index (χ1) is 13.2. The Hall–Kier alpha value is -3.60. The minimum absolute atomic E-state index is 0.125. The van der Waals surface area contributed by atoms with Gasteiger partial charge in [0, 0.05) is 41.0 Å². The molecule has 0 unspecified atom stereocenters. The summed E-state index contributed by atoms with van der Waals surface area (Å²) in [6, 6.07) is 18.6. The molecule has 2 aromatic carbocycles. The van der Waals surface area contributed by atoms with Crippen LogP contribution in [0.1, 0.15) is 15.9 Å². The Bertz CT molecular complexity index is 1080. The van der Waals surface area contributed by atoms with Crippen LogP contribution in [0.5, 0.6) is 5.75 Å². The molecule has 0 aliphatic heterocycles. The van der Waals surface area contributed by atoms with E-state index in [0.717, 1.165) is 27.7 Å². The summed E-state index contributed by atoms with van der Waals surface area (Å²) in [5.74, 6) is 0.116. The minimum atomic E-state index is -0.125. The van der Waals surface area contributed by atoms with Crippen molar-refractivity contribution >= 4 is 16.8 Å². The number of phenols is 1. The molecule has 3 N–H and O–H groups in total. The summed E-state index contributed by atoms with van der Waals surface area (Å²) in [6.45, 7) is 0.524. The van der Waals surface area contributed by atoms with E-state index in [0.29, 0.717) is 18.5 Å². The van der Waals surface area contributed by atoms with Crippen LogP contribution in [0.3, 0.4) is 0 Å². The number of nitrogens with zero attached hydrogens (tertiary/aromatic N) is 1. The lowest BCUT2D eigenvalue weighted by Crippen LogP contribution is -2.25. The van der Waals surface area contributed by atoms with Gasteiger partial charge in [0.1, 0.15) is 5.75 Å². The first-order valence-electron chi connectivity index (χ1n) is 8.79. The number of nitrogens with one attached hydrogen (secondary N) is 2. The number of carbonyl (C=O) groups is 1. The highest BCUT2D eigenvalue weighted by molar-refractivity contribution is 5.95. The Morgan fingerprint density at radius 2 is 1.89 bits per heavy atom. The lowest BCUT2D eigenvalue weighted by molar-refractivity contribution is 0.0954. The van der Waals surface area contributed by atoms with E-state index in [-0.39, 0.29) is 11.7 Å². The lowest BCUT2D eigenvalue weighted by atomic mass is 10.1. The molecule has 0 bridgehead atoms. The van der Waals surface area contributed by atoms with E-state index in [1.807, 2.05) is 42.6 Å². The summed E-state index contributed by atoms with van der Waals surface area (Å²) in [7, 11) is 0. The first kappa shape index (κ1) is 16.8. The molecular weight excluding hydrogens is 338 g/mol. The quantitative estimate of drug-likeness (QED) is 0.507. The molecule has 134 valence electrons. The number of carbonyl (C=O) groups excluding carboxylic acids is 1. The van der Waals surface area contributed by atoms with Crippen LogP contribution in [0.15, 0.2) is 73.1 Å². The van der Waals surface area contributed by atoms with Gasteiger partial charge in [-0.1, -0.05) is 18.2 Å². The number of aromatic nitrogens is 2. The number of amides is 1. The molecule has 0 saturated heterocycles. The van der Waals surface area contributed by atoms with E-state index in [2.05, 4.69) is 21.4 Å². The highest BCUT2D eigenvalue weighted by Gasteiger charge is 2.08. The lowest BCUT2D eigenvalue weighted by Gasteiger charge is -2.07. The average molecular weight is 357 g/mol. The first-order valence-corrected chi connectivity index (χ1v) is 8.79. The van der Waals surface area contributed by atoms with Crippen LogP contribution in [0, 0.1) is 0 Å². The second kappa shape index (κ2) is 7.33. The average Bonchev–Trinajstić information content (AvgIpc) is 3.17. The predicted molar refractivity (Wildman–Crippen MR) is 106 cm³/mol. The fraction of sp³-hybridized carbons (Fsp3) is 0.0909. The van der Waals surface area contributed by atoms with E-state index >= 15 is 0 Å². The van der Waals surface area contributed by atoms with Gasteiger partial charge >= 0.3 is 0 Å². The second-order valence-electron chi connectivity index (χ2n) is 6.38. The predicted octanol–water partition coefficient (Wildman–Crippen LogP) is 3.91.